The first-order valence-electron chi connectivity index (χ1n) is 14.4. The highest BCUT2D eigenvalue weighted by molar-refractivity contribution is 6.32. The molecule has 0 amide bonds. The van der Waals surface area contributed by atoms with Crippen LogP contribution < -0.4 is 20.5 Å². The molecule has 222 valence electrons. The van der Waals surface area contributed by atoms with E-state index in [9.17, 15) is 0 Å². The van der Waals surface area contributed by atoms with E-state index < -0.39 is 0 Å². The van der Waals surface area contributed by atoms with E-state index in [0.717, 1.165) is 55.7 Å². The highest BCUT2D eigenvalue weighted by Gasteiger charge is 2.21. The molecule has 2 heterocycles. The van der Waals surface area contributed by atoms with Crippen LogP contribution in [0.2, 0.25) is 5.02 Å². The van der Waals surface area contributed by atoms with Crippen molar-refractivity contribution >= 4 is 42.1 Å². The van der Waals surface area contributed by atoms with Gasteiger partial charge < -0.3 is 25.3 Å². The molecule has 1 aliphatic carbocycles. The van der Waals surface area contributed by atoms with Crippen LogP contribution in [0.25, 0.3) is 5.57 Å². The lowest BCUT2D eigenvalue weighted by atomic mass is 9.96. The topological polar surface area (TPSA) is 121 Å². The zero-order valence-electron chi connectivity index (χ0n) is 23.9. The molecular weight excluding hydrogens is 542 g/mol. The maximum atomic E-state index is 6.39. The largest absolute Gasteiger partial charge is 0.487 e. The molecule has 0 spiro atoms. The lowest BCUT2D eigenvalue weighted by molar-refractivity contribution is 0.0489. The van der Waals surface area contributed by atoms with Gasteiger partial charge in [0.05, 0.1) is 36.8 Å². The average molecular weight is 584 g/mol. The zero-order chi connectivity index (χ0) is 28.9. The van der Waals surface area contributed by atoms with E-state index in [2.05, 4.69) is 37.9 Å². The molecule has 1 saturated carbocycles. The van der Waals surface area contributed by atoms with Crippen LogP contribution in [-0.2, 0) is 4.74 Å². The Labute approximate surface area is 247 Å². The van der Waals surface area contributed by atoms with Gasteiger partial charge in [0.25, 0.3) is 5.88 Å². The van der Waals surface area contributed by atoms with Gasteiger partial charge in [0.15, 0.2) is 0 Å². The first-order chi connectivity index (χ1) is 20.1. The summed E-state index contributed by atoms with van der Waals surface area (Å²) in [6.45, 7) is 8.52. The van der Waals surface area contributed by atoms with E-state index in [-0.39, 0.29) is 6.10 Å². The van der Waals surface area contributed by atoms with Gasteiger partial charge in [-0.25, -0.2) is 0 Å². The van der Waals surface area contributed by atoms with Crippen LogP contribution in [0.4, 0.5) is 5.69 Å². The summed E-state index contributed by atoms with van der Waals surface area (Å²) in [7, 11) is 0. The van der Waals surface area contributed by atoms with E-state index in [1.807, 2.05) is 19.1 Å². The second-order valence-corrected chi connectivity index (χ2v) is 10.9. The Morgan fingerprint density at radius 3 is 2.80 bits per heavy atom. The number of allylic oxidation sites excluding steroid dienone is 1. The SMILES string of the molecule is C=N/C=C(\C=NCNc1cn(C2CCCCC2)nc1OCC1CCOCC1)c1ccc(Cl)c(O[C@@H](C)CN=CN)c1. The fraction of sp³-hybridized carbons (Fsp3) is 0.533. The van der Waals surface area contributed by atoms with E-state index in [4.69, 9.17) is 36.6 Å². The van der Waals surface area contributed by atoms with Crippen molar-refractivity contribution < 1.29 is 14.2 Å². The Hall–Kier alpha value is -3.37. The van der Waals surface area contributed by atoms with E-state index in [1.54, 1.807) is 18.5 Å². The third-order valence-corrected chi connectivity index (χ3v) is 7.64. The number of rotatable bonds is 14. The summed E-state index contributed by atoms with van der Waals surface area (Å²) < 4.78 is 19.8. The lowest BCUT2D eigenvalue weighted by Gasteiger charge is -2.22. The first kappa shape index (κ1) is 30.6. The fourth-order valence-corrected chi connectivity index (χ4v) is 5.20. The standard InChI is InChI=1S/C30H42ClN7O3/c1-22(15-34-20-32)41-29-14-24(8-9-27(29)31)25(16-33-2)17-35-21-36-28-18-38(26-6-4-3-5-7-26)37-30(28)40-19-23-10-12-39-13-11-23/h8-9,14,16-18,20,22-23,26,36H,2-7,10-13,15,19,21H2,1H3,(H2,32,34)/b25-16+,35-17?/t22-/m0/s1. The predicted molar refractivity (Wildman–Crippen MR) is 167 cm³/mol. The van der Waals surface area contributed by atoms with Gasteiger partial charge in [-0.1, -0.05) is 36.9 Å². The molecule has 1 aromatic carbocycles. The molecule has 0 unspecified atom stereocenters. The molecule has 2 aromatic rings. The Balaban J connectivity index is 1.43. The number of nitrogens with zero attached hydrogens (tertiary/aromatic N) is 5. The maximum absolute atomic E-state index is 6.39. The molecule has 41 heavy (non-hydrogen) atoms. The third kappa shape index (κ3) is 9.33. The summed E-state index contributed by atoms with van der Waals surface area (Å²) in [5.41, 5.74) is 7.82. The number of hydrogen-bond acceptors (Lipinski definition) is 8. The smallest absolute Gasteiger partial charge is 0.256 e. The zero-order valence-corrected chi connectivity index (χ0v) is 24.6. The molecule has 3 N–H and O–H groups in total. The van der Waals surface area contributed by atoms with Crippen molar-refractivity contribution in [2.24, 2.45) is 26.6 Å². The molecule has 1 aliphatic heterocycles. The van der Waals surface area contributed by atoms with Crippen molar-refractivity contribution in [2.75, 3.05) is 38.4 Å². The van der Waals surface area contributed by atoms with Gasteiger partial charge in [-0.05, 0) is 62.9 Å². The lowest BCUT2D eigenvalue weighted by Crippen LogP contribution is -2.22. The van der Waals surface area contributed by atoms with Crippen molar-refractivity contribution in [3.8, 4) is 11.6 Å². The molecule has 0 bridgehead atoms. The van der Waals surface area contributed by atoms with Crippen LogP contribution >= 0.6 is 11.6 Å². The van der Waals surface area contributed by atoms with Gasteiger partial charge in [0, 0.05) is 31.2 Å². The number of ether oxygens (including phenoxy) is 3. The molecule has 2 fully saturated rings. The highest BCUT2D eigenvalue weighted by atomic mass is 35.5. The van der Waals surface area contributed by atoms with E-state index in [1.165, 1.54) is 25.6 Å². The van der Waals surface area contributed by atoms with Gasteiger partial charge in [-0.3, -0.25) is 19.7 Å². The van der Waals surface area contributed by atoms with Gasteiger partial charge in [-0.2, -0.15) is 0 Å². The summed E-state index contributed by atoms with van der Waals surface area (Å²) in [6.07, 6.45) is 14.6. The summed E-state index contributed by atoms with van der Waals surface area (Å²) in [5.74, 6) is 1.67. The molecule has 2 aliphatic rings. The minimum atomic E-state index is -0.192. The Kier molecular flexibility index (Phi) is 12.1. The summed E-state index contributed by atoms with van der Waals surface area (Å²) in [5, 5.41) is 8.75. The monoisotopic (exact) mass is 583 g/mol. The molecule has 0 radical (unpaired) electrons. The van der Waals surface area contributed by atoms with Crippen LogP contribution in [0.3, 0.4) is 0 Å². The molecule has 10 nitrogen and oxygen atoms in total. The van der Waals surface area contributed by atoms with Gasteiger partial charge >= 0.3 is 0 Å². The van der Waals surface area contributed by atoms with Crippen LogP contribution in [0, 0.1) is 5.92 Å². The fourth-order valence-electron chi connectivity index (χ4n) is 5.04. The summed E-state index contributed by atoms with van der Waals surface area (Å²) in [6, 6.07) is 5.95. The van der Waals surface area contributed by atoms with Crippen molar-refractivity contribution in [3.63, 3.8) is 0 Å². The van der Waals surface area contributed by atoms with E-state index >= 15 is 0 Å². The number of benzene rings is 1. The Morgan fingerprint density at radius 1 is 1.24 bits per heavy atom. The number of halogens is 1. The van der Waals surface area contributed by atoms with Crippen LogP contribution in [-0.4, -0.2) is 68.2 Å². The molecule has 1 aromatic heterocycles. The minimum Gasteiger partial charge on any atom is -0.487 e. The number of nitrogens with two attached hydrogens (primary N) is 1. The quantitative estimate of drug-likeness (QED) is 0.215. The van der Waals surface area contributed by atoms with Gasteiger partial charge in [-0.15, -0.1) is 5.10 Å². The van der Waals surface area contributed by atoms with Crippen molar-refractivity contribution in [1.82, 2.24) is 9.78 Å². The minimum absolute atomic E-state index is 0.192. The van der Waals surface area contributed by atoms with E-state index in [0.29, 0.717) is 48.4 Å². The second-order valence-electron chi connectivity index (χ2n) is 10.5. The van der Waals surface area contributed by atoms with Crippen LogP contribution in [0.15, 0.2) is 45.6 Å². The molecule has 1 atom stereocenters. The molecule has 11 heteroatoms. The molecule has 4 rings (SSSR count). The van der Waals surface area contributed by atoms with Gasteiger partial charge in [0.1, 0.15) is 24.2 Å². The highest BCUT2D eigenvalue weighted by Crippen LogP contribution is 2.33. The summed E-state index contributed by atoms with van der Waals surface area (Å²) in [4.78, 5) is 12.6. The van der Waals surface area contributed by atoms with Crippen molar-refractivity contribution in [1.29, 1.82) is 0 Å². The number of hydrogen-bond donors (Lipinski definition) is 2. The van der Waals surface area contributed by atoms with Gasteiger partial charge in [0.2, 0.25) is 0 Å². The third-order valence-electron chi connectivity index (χ3n) is 7.33. The molecule has 1 saturated heterocycles. The Morgan fingerprint density at radius 2 is 2.05 bits per heavy atom. The second kappa shape index (κ2) is 16.2. The number of anilines is 1. The average Bonchev–Trinajstić information content (AvgIpc) is 3.41. The number of aromatic nitrogens is 2. The molecular formula is C30H42ClN7O3. The van der Waals surface area contributed by atoms with Crippen molar-refractivity contribution in [3.05, 3.63) is 41.2 Å². The predicted octanol–water partition coefficient (Wildman–Crippen LogP) is 5.78. The van der Waals surface area contributed by atoms with Crippen LogP contribution in [0.5, 0.6) is 11.6 Å². The normalized spacial score (nSPS) is 18.1. The van der Waals surface area contributed by atoms with Crippen molar-refractivity contribution in [2.45, 2.75) is 64.0 Å². The number of aliphatic imine (C=N–C) groups is 3. The Bertz CT molecular complexity index is 1200. The first-order valence-corrected chi connectivity index (χ1v) is 14.8. The summed E-state index contributed by atoms with van der Waals surface area (Å²) >= 11 is 6.39. The van der Waals surface area contributed by atoms with Crippen LogP contribution in [0.1, 0.15) is 63.5 Å². The number of nitrogens with one attached hydrogen (secondary N) is 1. The maximum Gasteiger partial charge on any atom is 0.256 e.